The van der Waals surface area contributed by atoms with E-state index >= 15 is 0 Å². The van der Waals surface area contributed by atoms with E-state index in [9.17, 15) is 14.9 Å². The number of nitrogens with zero attached hydrogens (tertiary/aromatic N) is 2. The van der Waals surface area contributed by atoms with Crippen molar-refractivity contribution in [3.8, 4) is 0 Å². The largest absolute Gasteiger partial charge is 0.273 e. The fourth-order valence-electron chi connectivity index (χ4n) is 2.38. The Kier molecular flexibility index (Phi) is 4.14. The molecule has 6 heteroatoms. The number of hydrogen-bond acceptors (Lipinski definition) is 4. The molecule has 1 aliphatic carbocycles. The van der Waals surface area contributed by atoms with Crippen LogP contribution in [0.3, 0.4) is 0 Å². The van der Waals surface area contributed by atoms with Gasteiger partial charge in [-0.25, -0.2) is 5.43 Å². The second-order valence-electron chi connectivity index (χ2n) is 5.36. The minimum atomic E-state index is -0.776. The first-order valence-electron chi connectivity index (χ1n) is 7.28. The fourth-order valence-corrected chi connectivity index (χ4v) is 2.38. The van der Waals surface area contributed by atoms with Crippen molar-refractivity contribution in [2.45, 2.75) is 12.5 Å². The van der Waals surface area contributed by atoms with Gasteiger partial charge in [0.1, 0.15) is 5.92 Å². The van der Waals surface area contributed by atoms with Crippen LogP contribution < -0.4 is 5.43 Å². The lowest BCUT2D eigenvalue weighted by molar-refractivity contribution is -0.497. The van der Waals surface area contributed by atoms with Crippen LogP contribution in [0.2, 0.25) is 0 Å². The van der Waals surface area contributed by atoms with Gasteiger partial charge in [-0.05, 0) is 0 Å². The number of nitrogens with one attached hydrogen (secondary N) is 1. The summed E-state index contributed by atoms with van der Waals surface area (Å²) in [4.78, 5) is 22.2. The van der Waals surface area contributed by atoms with Crippen LogP contribution in [0.25, 0.3) is 0 Å². The molecule has 2 atom stereocenters. The first-order chi connectivity index (χ1) is 11.2. The summed E-state index contributed by atoms with van der Waals surface area (Å²) in [6.07, 6.45) is 0.278. The third-order valence-corrected chi connectivity index (χ3v) is 3.74. The zero-order valence-electron chi connectivity index (χ0n) is 12.3. The summed E-state index contributed by atoms with van der Waals surface area (Å²) in [7, 11) is 0. The standard InChI is InChI=1S/C17H15N3O3/c21-17(14-11-15(14)20(22)23)19-18-16(12-7-3-1-4-8-12)13-9-5-2-6-10-13/h1-10,14-15H,11H2,(H,19,21)/t14-,15+/m0/s1. The van der Waals surface area contributed by atoms with Gasteiger partial charge in [-0.2, -0.15) is 5.10 Å². The van der Waals surface area contributed by atoms with E-state index in [0.717, 1.165) is 11.1 Å². The summed E-state index contributed by atoms with van der Waals surface area (Å²) in [5.74, 6) is -0.988. The van der Waals surface area contributed by atoms with Crippen LogP contribution >= 0.6 is 0 Å². The molecule has 0 saturated heterocycles. The van der Waals surface area contributed by atoms with Crippen molar-refractivity contribution in [1.82, 2.24) is 5.43 Å². The highest BCUT2D eigenvalue weighted by Gasteiger charge is 2.53. The van der Waals surface area contributed by atoms with E-state index in [1.807, 2.05) is 60.7 Å². The number of hydrazone groups is 1. The van der Waals surface area contributed by atoms with Crippen LogP contribution in [0.15, 0.2) is 65.8 Å². The molecule has 23 heavy (non-hydrogen) atoms. The zero-order chi connectivity index (χ0) is 16.2. The van der Waals surface area contributed by atoms with Crippen LogP contribution in [0.4, 0.5) is 0 Å². The van der Waals surface area contributed by atoms with Gasteiger partial charge in [0.25, 0.3) is 0 Å². The molecule has 0 spiro atoms. The van der Waals surface area contributed by atoms with E-state index in [1.54, 1.807) is 0 Å². The number of carbonyl (C=O) groups excluding carboxylic acids is 1. The molecule has 0 radical (unpaired) electrons. The molecular weight excluding hydrogens is 294 g/mol. The molecule has 2 aromatic rings. The van der Waals surface area contributed by atoms with Gasteiger partial charge in [-0.3, -0.25) is 14.9 Å². The van der Waals surface area contributed by atoms with Crippen molar-refractivity contribution in [2.24, 2.45) is 11.0 Å². The number of benzene rings is 2. The van der Waals surface area contributed by atoms with Crippen LogP contribution in [-0.2, 0) is 4.79 Å². The highest BCUT2D eigenvalue weighted by molar-refractivity contribution is 6.13. The highest BCUT2D eigenvalue weighted by atomic mass is 16.6. The van der Waals surface area contributed by atoms with Crippen LogP contribution in [-0.4, -0.2) is 22.6 Å². The maximum Gasteiger partial charge on any atom is 0.250 e. The first-order valence-corrected chi connectivity index (χ1v) is 7.28. The Morgan fingerprint density at radius 2 is 1.57 bits per heavy atom. The van der Waals surface area contributed by atoms with Crippen LogP contribution in [0.1, 0.15) is 17.5 Å². The number of amides is 1. The molecule has 0 aromatic heterocycles. The summed E-state index contributed by atoms with van der Waals surface area (Å²) >= 11 is 0. The third kappa shape index (κ3) is 3.42. The Hall–Kier alpha value is -3.02. The molecular formula is C17H15N3O3. The zero-order valence-corrected chi connectivity index (χ0v) is 12.3. The van der Waals surface area contributed by atoms with Gasteiger partial charge in [-0.1, -0.05) is 60.7 Å². The predicted molar refractivity (Wildman–Crippen MR) is 85.6 cm³/mol. The Labute approximate surface area is 133 Å². The summed E-state index contributed by atoms with van der Waals surface area (Å²) in [5.41, 5.74) is 4.82. The third-order valence-electron chi connectivity index (χ3n) is 3.74. The average molecular weight is 309 g/mol. The van der Waals surface area contributed by atoms with Crippen molar-refractivity contribution in [3.05, 3.63) is 81.9 Å². The predicted octanol–water partition coefficient (Wildman–Crippen LogP) is 2.22. The van der Waals surface area contributed by atoms with Gasteiger partial charge in [0.05, 0.1) is 5.71 Å². The van der Waals surface area contributed by atoms with Crippen molar-refractivity contribution in [3.63, 3.8) is 0 Å². The molecule has 1 saturated carbocycles. The average Bonchev–Trinajstić information content (AvgIpc) is 3.38. The maximum atomic E-state index is 12.0. The lowest BCUT2D eigenvalue weighted by Gasteiger charge is -2.07. The lowest BCUT2D eigenvalue weighted by Crippen LogP contribution is -2.24. The second kappa shape index (κ2) is 6.39. The SMILES string of the molecule is O=C(NN=C(c1ccccc1)c1ccccc1)[C@H]1C[C@H]1[N+](=O)[O-]. The number of hydrogen-bond donors (Lipinski definition) is 1. The van der Waals surface area contributed by atoms with E-state index in [4.69, 9.17) is 0 Å². The van der Waals surface area contributed by atoms with Gasteiger partial charge in [-0.15, -0.1) is 0 Å². The quantitative estimate of drug-likeness (QED) is 0.522. The molecule has 0 bridgehead atoms. The summed E-state index contributed by atoms with van der Waals surface area (Å²) in [6.45, 7) is 0. The van der Waals surface area contributed by atoms with Gasteiger partial charge >= 0.3 is 0 Å². The van der Waals surface area contributed by atoms with Gasteiger partial charge < -0.3 is 0 Å². The van der Waals surface area contributed by atoms with Crippen molar-refractivity contribution in [2.75, 3.05) is 0 Å². The smallest absolute Gasteiger partial charge is 0.250 e. The van der Waals surface area contributed by atoms with Crippen molar-refractivity contribution >= 4 is 11.6 Å². The maximum absolute atomic E-state index is 12.0. The topological polar surface area (TPSA) is 84.6 Å². The van der Waals surface area contributed by atoms with Gasteiger partial charge in [0, 0.05) is 22.5 Å². The monoisotopic (exact) mass is 309 g/mol. The van der Waals surface area contributed by atoms with E-state index in [-0.39, 0.29) is 6.42 Å². The van der Waals surface area contributed by atoms with E-state index < -0.39 is 22.8 Å². The molecule has 1 fully saturated rings. The minimum Gasteiger partial charge on any atom is -0.273 e. The summed E-state index contributed by atoms with van der Waals surface area (Å²) in [5, 5.41) is 14.9. The molecule has 0 heterocycles. The van der Waals surface area contributed by atoms with Crippen LogP contribution in [0, 0.1) is 16.0 Å². The molecule has 6 nitrogen and oxygen atoms in total. The van der Waals surface area contributed by atoms with Gasteiger partial charge in [0.15, 0.2) is 0 Å². The first kappa shape index (κ1) is 14.9. The molecule has 116 valence electrons. The molecule has 1 aliphatic rings. The van der Waals surface area contributed by atoms with Crippen molar-refractivity contribution in [1.29, 1.82) is 0 Å². The Balaban J connectivity index is 1.82. The summed E-state index contributed by atoms with van der Waals surface area (Å²) in [6, 6.07) is 18.2. The van der Waals surface area contributed by atoms with Crippen molar-refractivity contribution < 1.29 is 9.72 Å². The fraction of sp³-hybridized carbons (Fsp3) is 0.176. The molecule has 2 aromatic carbocycles. The Morgan fingerprint density at radius 3 is 2.00 bits per heavy atom. The van der Waals surface area contributed by atoms with Crippen LogP contribution in [0.5, 0.6) is 0 Å². The van der Waals surface area contributed by atoms with E-state index in [2.05, 4.69) is 10.5 Å². The number of rotatable bonds is 5. The van der Waals surface area contributed by atoms with E-state index in [1.165, 1.54) is 0 Å². The Bertz CT molecular complexity index is 703. The number of nitro groups is 1. The van der Waals surface area contributed by atoms with Gasteiger partial charge in [0.2, 0.25) is 11.9 Å². The molecule has 1 N–H and O–H groups in total. The molecule has 0 unspecified atom stereocenters. The minimum absolute atomic E-state index is 0.278. The summed E-state index contributed by atoms with van der Waals surface area (Å²) < 4.78 is 0. The lowest BCUT2D eigenvalue weighted by atomic mass is 10.0. The normalized spacial score (nSPS) is 18.8. The van der Waals surface area contributed by atoms with E-state index in [0.29, 0.717) is 5.71 Å². The Morgan fingerprint density at radius 1 is 1.04 bits per heavy atom. The molecule has 3 rings (SSSR count). The molecule has 1 amide bonds. The second-order valence-corrected chi connectivity index (χ2v) is 5.36. The number of carbonyl (C=O) groups is 1. The molecule has 0 aliphatic heterocycles. The highest BCUT2D eigenvalue weighted by Crippen LogP contribution is 2.33.